The molecule has 0 aromatic rings. The Labute approximate surface area is 119 Å². The molecule has 0 radical (unpaired) electrons. The predicted octanol–water partition coefficient (Wildman–Crippen LogP) is 3.17. The van der Waals surface area contributed by atoms with Gasteiger partial charge in [-0.25, -0.2) is 0 Å². The first-order chi connectivity index (χ1) is 9.08. The summed E-state index contributed by atoms with van der Waals surface area (Å²) in [5.74, 6) is 0.926. The molecule has 2 unspecified atom stereocenters. The fourth-order valence-electron chi connectivity index (χ4n) is 2.70. The number of hydrogen-bond acceptors (Lipinski definition) is 3. The zero-order valence-electron chi connectivity index (χ0n) is 13.2. The Balaban J connectivity index is 2.32. The van der Waals surface area contributed by atoms with E-state index in [0.717, 1.165) is 44.7 Å². The normalized spacial score (nSPS) is 20.0. The molecule has 0 saturated heterocycles. The number of nitriles is 1. The summed E-state index contributed by atoms with van der Waals surface area (Å²) in [6.45, 7) is 8.65. The smallest absolute Gasteiger partial charge is 0.106 e. The predicted molar refractivity (Wildman–Crippen MR) is 81.0 cm³/mol. The van der Waals surface area contributed by atoms with Crippen LogP contribution in [0, 0.1) is 17.2 Å². The van der Waals surface area contributed by atoms with Gasteiger partial charge in [0.2, 0.25) is 0 Å². The molecule has 1 N–H and O–H groups in total. The molecule has 3 heteroatoms. The van der Waals surface area contributed by atoms with Crippen LogP contribution in [0.15, 0.2) is 0 Å². The second-order valence-electron chi connectivity index (χ2n) is 6.14. The van der Waals surface area contributed by atoms with E-state index < -0.39 is 0 Å². The van der Waals surface area contributed by atoms with Gasteiger partial charge in [0.25, 0.3) is 0 Å². The molecule has 2 atom stereocenters. The van der Waals surface area contributed by atoms with E-state index in [1.807, 2.05) is 0 Å². The number of hydrogen-bond donors (Lipinski definition) is 1. The van der Waals surface area contributed by atoms with Crippen LogP contribution in [0.5, 0.6) is 0 Å². The van der Waals surface area contributed by atoms with Crippen molar-refractivity contribution in [1.29, 1.82) is 5.26 Å². The molecule has 0 spiro atoms. The van der Waals surface area contributed by atoms with Gasteiger partial charge in [0.1, 0.15) is 5.54 Å². The summed E-state index contributed by atoms with van der Waals surface area (Å²) in [4.78, 5) is 2.47. The summed E-state index contributed by atoms with van der Waals surface area (Å²) in [6, 6.07) is 3.22. The summed E-state index contributed by atoms with van der Waals surface area (Å²) in [5.41, 5.74) is -0.306. The Morgan fingerprint density at radius 2 is 2.11 bits per heavy atom. The zero-order chi connectivity index (χ0) is 14.3. The zero-order valence-corrected chi connectivity index (χ0v) is 13.2. The first-order valence-electron chi connectivity index (χ1n) is 7.95. The summed E-state index contributed by atoms with van der Waals surface area (Å²) in [5, 5.41) is 12.9. The summed E-state index contributed by atoms with van der Waals surface area (Å²) in [6.07, 6.45) is 6.85. The van der Waals surface area contributed by atoms with Crippen LogP contribution in [0.4, 0.5) is 0 Å². The minimum atomic E-state index is -0.306. The lowest BCUT2D eigenvalue weighted by Gasteiger charge is -2.29. The number of nitrogens with one attached hydrogen (secondary N) is 1. The van der Waals surface area contributed by atoms with Gasteiger partial charge in [-0.2, -0.15) is 5.26 Å². The Morgan fingerprint density at radius 3 is 2.58 bits per heavy atom. The molecule has 1 aliphatic carbocycles. The summed E-state index contributed by atoms with van der Waals surface area (Å²) < 4.78 is 0. The Morgan fingerprint density at radius 1 is 1.42 bits per heavy atom. The molecule has 0 aromatic carbocycles. The van der Waals surface area contributed by atoms with Crippen LogP contribution in [0.2, 0.25) is 0 Å². The van der Waals surface area contributed by atoms with Gasteiger partial charge in [0, 0.05) is 6.04 Å². The molecule has 110 valence electrons. The lowest BCUT2D eigenvalue weighted by Crippen LogP contribution is -2.44. The standard InChI is InChI=1S/C16H31N3/c1-5-11-18-16(6-2,13-17)10-7-12-19(4)14(3)15-8-9-15/h14-15,18H,5-12H2,1-4H3. The first-order valence-corrected chi connectivity index (χ1v) is 7.95. The minimum absolute atomic E-state index is 0.306. The lowest BCUT2D eigenvalue weighted by atomic mass is 9.91. The van der Waals surface area contributed by atoms with E-state index in [1.54, 1.807) is 0 Å². The van der Waals surface area contributed by atoms with Gasteiger partial charge in [0.05, 0.1) is 6.07 Å². The molecule has 1 aliphatic rings. The van der Waals surface area contributed by atoms with Gasteiger partial charge in [-0.15, -0.1) is 0 Å². The Bertz CT molecular complexity index is 293. The van der Waals surface area contributed by atoms with Gasteiger partial charge in [-0.3, -0.25) is 5.32 Å². The van der Waals surface area contributed by atoms with E-state index in [1.165, 1.54) is 12.8 Å². The monoisotopic (exact) mass is 265 g/mol. The molecule has 19 heavy (non-hydrogen) atoms. The van der Waals surface area contributed by atoms with Gasteiger partial charge >= 0.3 is 0 Å². The maximum atomic E-state index is 9.45. The average molecular weight is 265 g/mol. The summed E-state index contributed by atoms with van der Waals surface area (Å²) in [7, 11) is 2.22. The first kappa shape index (κ1) is 16.5. The highest BCUT2D eigenvalue weighted by molar-refractivity contribution is 5.06. The van der Waals surface area contributed by atoms with E-state index in [9.17, 15) is 5.26 Å². The highest BCUT2D eigenvalue weighted by Crippen LogP contribution is 2.34. The molecule has 0 aromatic heterocycles. The van der Waals surface area contributed by atoms with Crippen LogP contribution < -0.4 is 5.32 Å². The largest absolute Gasteiger partial charge is 0.303 e. The highest BCUT2D eigenvalue weighted by atomic mass is 15.1. The SMILES string of the molecule is CCCNC(C#N)(CC)CCCN(C)C(C)C1CC1. The van der Waals surface area contributed by atoms with E-state index in [2.05, 4.69) is 44.1 Å². The van der Waals surface area contributed by atoms with Crippen molar-refractivity contribution in [3.05, 3.63) is 0 Å². The lowest BCUT2D eigenvalue weighted by molar-refractivity contribution is 0.220. The molecular formula is C16H31N3. The van der Waals surface area contributed by atoms with Crippen molar-refractivity contribution in [2.24, 2.45) is 5.92 Å². The molecule has 3 nitrogen and oxygen atoms in total. The van der Waals surface area contributed by atoms with Crippen molar-refractivity contribution in [3.8, 4) is 6.07 Å². The third-order valence-corrected chi connectivity index (χ3v) is 4.64. The average Bonchev–Trinajstić information content (AvgIpc) is 3.26. The van der Waals surface area contributed by atoms with Crippen molar-refractivity contribution in [3.63, 3.8) is 0 Å². The van der Waals surface area contributed by atoms with Crippen molar-refractivity contribution in [2.75, 3.05) is 20.1 Å². The van der Waals surface area contributed by atoms with Crippen molar-refractivity contribution in [2.45, 2.75) is 70.9 Å². The quantitative estimate of drug-likeness (QED) is 0.659. The van der Waals surface area contributed by atoms with Crippen LogP contribution in [-0.4, -0.2) is 36.6 Å². The highest BCUT2D eigenvalue weighted by Gasteiger charge is 2.31. The van der Waals surface area contributed by atoms with Crippen LogP contribution in [-0.2, 0) is 0 Å². The van der Waals surface area contributed by atoms with Crippen molar-refractivity contribution in [1.82, 2.24) is 10.2 Å². The van der Waals surface area contributed by atoms with Crippen LogP contribution in [0.1, 0.15) is 59.3 Å². The van der Waals surface area contributed by atoms with Crippen molar-refractivity contribution < 1.29 is 0 Å². The van der Waals surface area contributed by atoms with Crippen molar-refractivity contribution >= 4 is 0 Å². The molecule has 0 bridgehead atoms. The third-order valence-electron chi connectivity index (χ3n) is 4.64. The Hall–Kier alpha value is -0.590. The van der Waals surface area contributed by atoms with Gasteiger partial charge in [-0.1, -0.05) is 13.8 Å². The topological polar surface area (TPSA) is 39.1 Å². The second kappa shape index (κ2) is 7.87. The minimum Gasteiger partial charge on any atom is -0.303 e. The number of nitrogens with zero attached hydrogens (tertiary/aromatic N) is 2. The molecule has 1 rings (SSSR count). The Kier molecular flexibility index (Phi) is 6.82. The van der Waals surface area contributed by atoms with Gasteiger partial charge < -0.3 is 4.90 Å². The van der Waals surface area contributed by atoms with Gasteiger partial charge in [0.15, 0.2) is 0 Å². The molecule has 1 saturated carbocycles. The molecule has 0 aliphatic heterocycles. The molecule has 0 amide bonds. The molecule has 0 heterocycles. The molecular weight excluding hydrogens is 234 g/mol. The van der Waals surface area contributed by atoms with Gasteiger partial charge in [-0.05, 0) is 71.5 Å². The van der Waals surface area contributed by atoms with Crippen LogP contribution in [0.25, 0.3) is 0 Å². The van der Waals surface area contributed by atoms with E-state index in [0.29, 0.717) is 6.04 Å². The molecule has 1 fully saturated rings. The maximum Gasteiger partial charge on any atom is 0.106 e. The summed E-state index contributed by atoms with van der Waals surface area (Å²) >= 11 is 0. The maximum absolute atomic E-state index is 9.45. The van der Waals surface area contributed by atoms with E-state index in [4.69, 9.17) is 0 Å². The fraction of sp³-hybridized carbons (Fsp3) is 0.938. The van der Waals surface area contributed by atoms with E-state index >= 15 is 0 Å². The van der Waals surface area contributed by atoms with E-state index in [-0.39, 0.29) is 5.54 Å². The van der Waals surface area contributed by atoms with Crippen LogP contribution >= 0.6 is 0 Å². The van der Waals surface area contributed by atoms with Crippen LogP contribution in [0.3, 0.4) is 0 Å². The number of rotatable bonds is 10. The third kappa shape index (κ3) is 5.12. The fourth-order valence-corrected chi connectivity index (χ4v) is 2.70. The second-order valence-corrected chi connectivity index (χ2v) is 6.14.